The van der Waals surface area contributed by atoms with Crippen molar-refractivity contribution in [2.45, 2.75) is 84.2 Å². The van der Waals surface area contributed by atoms with Gasteiger partial charge in [0.05, 0.1) is 0 Å². The van der Waals surface area contributed by atoms with Crippen LogP contribution in [0.3, 0.4) is 0 Å². The highest BCUT2D eigenvalue weighted by Gasteiger charge is 2.36. The second-order valence-electron chi connectivity index (χ2n) is 9.04. The van der Waals surface area contributed by atoms with Crippen molar-refractivity contribution in [3.05, 3.63) is 0 Å². The molecule has 2 saturated heterocycles. The smallest absolute Gasteiger partial charge is 0.0200 e. The summed E-state index contributed by atoms with van der Waals surface area (Å²) in [5.41, 5.74) is 0.497. The first kappa shape index (κ1) is 15.8. The lowest BCUT2D eigenvalue weighted by molar-refractivity contribution is 0.204. The molecule has 2 aliphatic heterocycles. The topological polar surface area (TPSA) is 15.3 Å². The molecule has 3 rings (SSSR count). The van der Waals surface area contributed by atoms with Crippen LogP contribution in [0.15, 0.2) is 0 Å². The second-order valence-corrected chi connectivity index (χ2v) is 9.04. The van der Waals surface area contributed by atoms with Crippen molar-refractivity contribution in [1.29, 1.82) is 0 Å². The van der Waals surface area contributed by atoms with E-state index in [4.69, 9.17) is 0 Å². The summed E-state index contributed by atoms with van der Waals surface area (Å²) in [6, 6.07) is 1.64. The Bertz CT molecular complexity index is 319. The summed E-state index contributed by atoms with van der Waals surface area (Å²) in [6.45, 7) is 11.3. The molecule has 0 aromatic carbocycles. The summed E-state index contributed by atoms with van der Waals surface area (Å²) in [6.07, 6.45) is 11.6. The zero-order valence-corrected chi connectivity index (χ0v) is 14.5. The number of hydrogen-bond donors (Lipinski definition) is 1. The summed E-state index contributed by atoms with van der Waals surface area (Å²) in [4.78, 5) is 2.76. The minimum atomic E-state index is 0.497. The van der Waals surface area contributed by atoms with Gasteiger partial charge in [-0.1, -0.05) is 33.6 Å². The van der Waals surface area contributed by atoms with Crippen molar-refractivity contribution in [3.8, 4) is 0 Å². The molecule has 0 spiro atoms. The van der Waals surface area contributed by atoms with E-state index in [1.807, 2.05) is 0 Å². The van der Waals surface area contributed by atoms with E-state index in [0.29, 0.717) is 5.41 Å². The first-order chi connectivity index (χ1) is 10.0. The van der Waals surface area contributed by atoms with Crippen LogP contribution in [-0.4, -0.2) is 36.6 Å². The third-order valence-corrected chi connectivity index (χ3v) is 6.47. The van der Waals surface area contributed by atoms with Gasteiger partial charge in [-0.15, -0.1) is 0 Å². The molecule has 122 valence electrons. The third kappa shape index (κ3) is 4.01. The predicted molar refractivity (Wildman–Crippen MR) is 90.5 cm³/mol. The summed E-state index contributed by atoms with van der Waals surface area (Å²) in [5.74, 6) is 1.92. The number of fused-ring (bicyclic) bond motifs is 1. The highest BCUT2D eigenvalue weighted by Crippen LogP contribution is 2.36. The lowest BCUT2D eigenvalue weighted by Gasteiger charge is -2.30. The molecule has 2 heteroatoms. The van der Waals surface area contributed by atoms with Gasteiger partial charge in [-0.05, 0) is 68.9 Å². The maximum atomic E-state index is 3.96. The van der Waals surface area contributed by atoms with Gasteiger partial charge < -0.3 is 10.2 Å². The van der Waals surface area contributed by atoms with Gasteiger partial charge >= 0.3 is 0 Å². The Morgan fingerprint density at radius 1 is 0.952 bits per heavy atom. The molecule has 2 heterocycles. The zero-order chi connectivity index (χ0) is 14.9. The molecular formula is C19H36N2. The Morgan fingerprint density at radius 3 is 2.52 bits per heavy atom. The molecule has 0 radical (unpaired) electrons. The van der Waals surface area contributed by atoms with E-state index in [9.17, 15) is 0 Å². The van der Waals surface area contributed by atoms with E-state index in [1.54, 1.807) is 0 Å². The lowest BCUT2D eigenvalue weighted by Crippen LogP contribution is -2.41. The van der Waals surface area contributed by atoms with Crippen LogP contribution in [0.4, 0.5) is 0 Å². The second kappa shape index (κ2) is 6.58. The molecule has 4 atom stereocenters. The van der Waals surface area contributed by atoms with Crippen molar-refractivity contribution in [1.82, 2.24) is 10.2 Å². The average Bonchev–Trinajstić information content (AvgIpc) is 2.66. The molecule has 21 heavy (non-hydrogen) atoms. The van der Waals surface area contributed by atoms with Gasteiger partial charge in [0, 0.05) is 18.6 Å². The van der Waals surface area contributed by atoms with Gasteiger partial charge in [-0.25, -0.2) is 0 Å². The van der Waals surface area contributed by atoms with Crippen LogP contribution in [-0.2, 0) is 0 Å². The fraction of sp³-hybridized carbons (Fsp3) is 1.00. The SMILES string of the molecule is CC(C)(C)C1CCCN(CC2CC3CCCCC3N2)CC1. The van der Waals surface area contributed by atoms with Gasteiger partial charge in [0.15, 0.2) is 0 Å². The quantitative estimate of drug-likeness (QED) is 0.826. The molecule has 3 aliphatic rings. The standard InChI is InChI=1S/C19H36N2/c1-19(2,3)16-8-6-11-21(12-10-16)14-17-13-15-7-4-5-9-18(15)20-17/h15-18,20H,4-14H2,1-3H3. The minimum Gasteiger partial charge on any atom is -0.310 e. The van der Waals surface area contributed by atoms with Crippen LogP contribution < -0.4 is 5.32 Å². The summed E-state index contributed by atoms with van der Waals surface area (Å²) in [7, 11) is 0. The van der Waals surface area contributed by atoms with Crippen molar-refractivity contribution in [2.75, 3.05) is 19.6 Å². The average molecular weight is 293 g/mol. The molecule has 0 bridgehead atoms. The molecule has 1 saturated carbocycles. The van der Waals surface area contributed by atoms with Crippen LogP contribution in [0, 0.1) is 17.3 Å². The number of rotatable bonds is 2. The summed E-state index contributed by atoms with van der Waals surface area (Å²) < 4.78 is 0. The number of hydrogen-bond acceptors (Lipinski definition) is 2. The molecular weight excluding hydrogens is 256 g/mol. The Balaban J connectivity index is 1.48. The van der Waals surface area contributed by atoms with Crippen molar-refractivity contribution in [2.24, 2.45) is 17.3 Å². The monoisotopic (exact) mass is 292 g/mol. The van der Waals surface area contributed by atoms with Gasteiger partial charge in [0.2, 0.25) is 0 Å². The van der Waals surface area contributed by atoms with Gasteiger partial charge in [0.1, 0.15) is 0 Å². The van der Waals surface area contributed by atoms with E-state index in [0.717, 1.165) is 23.9 Å². The van der Waals surface area contributed by atoms with E-state index in [2.05, 4.69) is 31.0 Å². The molecule has 1 N–H and O–H groups in total. The van der Waals surface area contributed by atoms with Gasteiger partial charge in [-0.3, -0.25) is 0 Å². The van der Waals surface area contributed by atoms with E-state index < -0.39 is 0 Å². The van der Waals surface area contributed by atoms with Crippen LogP contribution in [0.5, 0.6) is 0 Å². The molecule has 0 amide bonds. The largest absolute Gasteiger partial charge is 0.310 e. The Kier molecular flexibility index (Phi) is 4.95. The highest BCUT2D eigenvalue weighted by molar-refractivity contribution is 4.94. The maximum Gasteiger partial charge on any atom is 0.0200 e. The van der Waals surface area contributed by atoms with Gasteiger partial charge in [-0.2, -0.15) is 0 Å². The fourth-order valence-corrected chi connectivity index (χ4v) is 5.09. The number of nitrogens with one attached hydrogen (secondary N) is 1. The first-order valence-electron chi connectivity index (χ1n) is 9.51. The number of nitrogens with zero attached hydrogens (tertiary/aromatic N) is 1. The van der Waals surface area contributed by atoms with Crippen LogP contribution >= 0.6 is 0 Å². The van der Waals surface area contributed by atoms with E-state index in [1.165, 1.54) is 71.0 Å². The number of likely N-dealkylation sites (tertiary alicyclic amines) is 1. The highest BCUT2D eigenvalue weighted by atomic mass is 15.2. The maximum absolute atomic E-state index is 3.96. The molecule has 3 fully saturated rings. The van der Waals surface area contributed by atoms with Crippen LogP contribution in [0.1, 0.15) is 72.1 Å². The van der Waals surface area contributed by atoms with Crippen molar-refractivity contribution < 1.29 is 0 Å². The molecule has 0 aromatic rings. The molecule has 4 unspecified atom stereocenters. The summed E-state index contributed by atoms with van der Waals surface area (Å²) >= 11 is 0. The van der Waals surface area contributed by atoms with E-state index in [-0.39, 0.29) is 0 Å². The molecule has 0 aromatic heterocycles. The zero-order valence-electron chi connectivity index (χ0n) is 14.5. The summed E-state index contributed by atoms with van der Waals surface area (Å²) in [5, 5.41) is 3.96. The van der Waals surface area contributed by atoms with E-state index >= 15 is 0 Å². The Labute approximate surface area is 132 Å². The minimum absolute atomic E-state index is 0.497. The Morgan fingerprint density at radius 2 is 1.76 bits per heavy atom. The predicted octanol–water partition coefficient (Wildman–Crippen LogP) is 4.06. The van der Waals surface area contributed by atoms with Gasteiger partial charge in [0.25, 0.3) is 0 Å². The Hall–Kier alpha value is -0.0800. The van der Waals surface area contributed by atoms with Crippen molar-refractivity contribution in [3.63, 3.8) is 0 Å². The molecule has 1 aliphatic carbocycles. The fourth-order valence-electron chi connectivity index (χ4n) is 5.09. The van der Waals surface area contributed by atoms with Crippen LogP contribution in [0.2, 0.25) is 0 Å². The van der Waals surface area contributed by atoms with Crippen molar-refractivity contribution >= 4 is 0 Å². The normalized spacial score (nSPS) is 39.0. The third-order valence-electron chi connectivity index (χ3n) is 6.47. The van der Waals surface area contributed by atoms with Crippen LogP contribution in [0.25, 0.3) is 0 Å². The first-order valence-corrected chi connectivity index (χ1v) is 9.51. The lowest BCUT2D eigenvalue weighted by atomic mass is 9.77. The molecule has 2 nitrogen and oxygen atoms in total.